The van der Waals surface area contributed by atoms with Gasteiger partial charge in [0, 0.05) is 5.92 Å². The number of hydrogen-bond donors (Lipinski definition) is 2. The summed E-state index contributed by atoms with van der Waals surface area (Å²) in [6.45, 7) is 6.12. The van der Waals surface area contributed by atoms with E-state index < -0.39 is 6.10 Å². The third-order valence-electron chi connectivity index (χ3n) is 3.13. The van der Waals surface area contributed by atoms with Crippen LogP contribution in [0, 0.1) is 5.92 Å². The first-order chi connectivity index (χ1) is 6.11. The van der Waals surface area contributed by atoms with Crippen molar-refractivity contribution < 1.29 is 9.84 Å². The van der Waals surface area contributed by atoms with Crippen LogP contribution in [0.25, 0.3) is 0 Å². The van der Waals surface area contributed by atoms with Crippen molar-refractivity contribution in [3.8, 4) is 0 Å². The number of aliphatic hydroxyl groups is 1. The lowest BCUT2D eigenvalue weighted by atomic mass is 9.84. The van der Waals surface area contributed by atoms with E-state index in [0.29, 0.717) is 0 Å². The Morgan fingerprint density at radius 3 is 2.38 bits per heavy atom. The molecule has 1 aliphatic heterocycles. The summed E-state index contributed by atoms with van der Waals surface area (Å²) in [5.41, 5.74) is 5.89. The van der Waals surface area contributed by atoms with Crippen molar-refractivity contribution in [2.24, 2.45) is 11.7 Å². The molecule has 0 radical (unpaired) electrons. The van der Waals surface area contributed by atoms with Crippen molar-refractivity contribution in [1.29, 1.82) is 0 Å². The van der Waals surface area contributed by atoms with Crippen LogP contribution in [0.2, 0.25) is 0 Å². The number of nitrogens with two attached hydrogens (primary N) is 1. The maximum Gasteiger partial charge on any atom is 0.0769 e. The van der Waals surface area contributed by atoms with Crippen LogP contribution < -0.4 is 5.73 Å². The van der Waals surface area contributed by atoms with Gasteiger partial charge in [0.25, 0.3) is 0 Å². The summed E-state index contributed by atoms with van der Waals surface area (Å²) in [6.07, 6.45) is 1.54. The van der Waals surface area contributed by atoms with Crippen LogP contribution in [0.3, 0.4) is 0 Å². The summed E-state index contributed by atoms with van der Waals surface area (Å²) in [4.78, 5) is 0. The van der Waals surface area contributed by atoms with Crippen molar-refractivity contribution >= 4 is 0 Å². The fourth-order valence-electron chi connectivity index (χ4n) is 2.19. The molecule has 13 heavy (non-hydrogen) atoms. The van der Waals surface area contributed by atoms with Gasteiger partial charge in [-0.1, -0.05) is 13.8 Å². The zero-order valence-corrected chi connectivity index (χ0v) is 8.73. The van der Waals surface area contributed by atoms with Gasteiger partial charge in [-0.3, -0.25) is 0 Å². The largest absolute Gasteiger partial charge is 0.391 e. The fraction of sp³-hybridized carbons (Fsp3) is 1.00. The smallest absolute Gasteiger partial charge is 0.0769 e. The van der Waals surface area contributed by atoms with Gasteiger partial charge in [-0.05, 0) is 19.8 Å². The molecule has 1 saturated heterocycles. The summed E-state index contributed by atoms with van der Waals surface area (Å²) in [5, 5.41) is 9.90. The second kappa shape index (κ2) is 4.40. The Labute approximate surface area is 80.3 Å². The third-order valence-corrected chi connectivity index (χ3v) is 3.13. The molecule has 3 heteroatoms. The first-order valence-corrected chi connectivity index (χ1v) is 5.20. The Balaban J connectivity index is 2.66. The molecule has 0 spiro atoms. The summed E-state index contributed by atoms with van der Waals surface area (Å²) in [5.74, 6) is 0.192. The molecule has 3 nitrogen and oxygen atoms in total. The van der Waals surface area contributed by atoms with E-state index in [9.17, 15) is 5.11 Å². The Kier molecular flexibility index (Phi) is 3.71. The molecule has 1 rings (SSSR count). The highest BCUT2D eigenvalue weighted by molar-refractivity contribution is 4.91. The summed E-state index contributed by atoms with van der Waals surface area (Å²) < 4.78 is 5.74. The molecule has 0 aliphatic carbocycles. The van der Waals surface area contributed by atoms with E-state index in [0.717, 1.165) is 12.8 Å². The Morgan fingerprint density at radius 1 is 1.31 bits per heavy atom. The normalized spacial score (nSPS) is 46.4. The SMILES string of the molecule is CCC1OC(C)C(CC)C(O)C1N. The second-order valence-electron chi connectivity index (χ2n) is 3.93. The summed E-state index contributed by atoms with van der Waals surface area (Å²) in [6, 6.07) is -0.217. The highest BCUT2D eigenvalue weighted by Crippen LogP contribution is 2.28. The molecule has 1 fully saturated rings. The fourth-order valence-corrected chi connectivity index (χ4v) is 2.19. The predicted molar refractivity (Wildman–Crippen MR) is 52.4 cm³/mol. The van der Waals surface area contributed by atoms with Crippen LogP contribution in [0.5, 0.6) is 0 Å². The minimum Gasteiger partial charge on any atom is -0.391 e. The minimum atomic E-state index is -0.404. The van der Waals surface area contributed by atoms with E-state index in [1.54, 1.807) is 0 Å². The van der Waals surface area contributed by atoms with Gasteiger partial charge in [0.2, 0.25) is 0 Å². The molecule has 1 heterocycles. The Bertz CT molecular complexity index is 163. The molecule has 3 N–H and O–H groups in total. The number of ether oxygens (including phenoxy) is 1. The van der Waals surface area contributed by atoms with Gasteiger partial charge in [-0.25, -0.2) is 0 Å². The van der Waals surface area contributed by atoms with Crippen LogP contribution in [0.15, 0.2) is 0 Å². The van der Waals surface area contributed by atoms with Gasteiger partial charge in [-0.2, -0.15) is 0 Å². The molecule has 5 unspecified atom stereocenters. The summed E-state index contributed by atoms with van der Waals surface area (Å²) >= 11 is 0. The lowest BCUT2D eigenvalue weighted by molar-refractivity contribution is -0.141. The second-order valence-corrected chi connectivity index (χ2v) is 3.93. The lowest BCUT2D eigenvalue weighted by Gasteiger charge is -2.42. The zero-order chi connectivity index (χ0) is 10.0. The molecule has 78 valence electrons. The standard InChI is InChI=1S/C10H21NO2/c1-4-7-6(3)13-8(5-2)9(11)10(7)12/h6-10,12H,4-5,11H2,1-3H3. The molecule has 0 aromatic carbocycles. The van der Waals surface area contributed by atoms with E-state index in [-0.39, 0.29) is 24.2 Å². The topological polar surface area (TPSA) is 55.5 Å². The molecule has 0 saturated carbocycles. The number of rotatable bonds is 2. The third kappa shape index (κ3) is 2.03. The quantitative estimate of drug-likeness (QED) is 0.675. The molecule has 0 bridgehead atoms. The Morgan fingerprint density at radius 2 is 1.92 bits per heavy atom. The average molecular weight is 187 g/mol. The van der Waals surface area contributed by atoms with Crippen LogP contribution in [-0.4, -0.2) is 29.5 Å². The molecular weight excluding hydrogens is 166 g/mol. The van der Waals surface area contributed by atoms with E-state index >= 15 is 0 Å². The first-order valence-electron chi connectivity index (χ1n) is 5.20. The predicted octanol–water partition coefficient (Wildman–Crippen LogP) is 0.898. The van der Waals surface area contributed by atoms with E-state index in [1.165, 1.54) is 0 Å². The van der Waals surface area contributed by atoms with Gasteiger partial charge in [0.05, 0.1) is 24.4 Å². The van der Waals surface area contributed by atoms with E-state index in [4.69, 9.17) is 10.5 Å². The van der Waals surface area contributed by atoms with Crippen LogP contribution >= 0.6 is 0 Å². The van der Waals surface area contributed by atoms with Crippen molar-refractivity contribution in [3.63, 3.8) is 0 Å². The van der Waals surface area contributed by atoms with Crippen molar-refractivity contribution in [2.75, 3.05) is 0 Å². The molecule has 0 aromatic rings. The first kappa shape index (κ1) is 11.0. The molecular formula is C10H21NO2. The highest BCUT2D eigenvalue weighted by Gasteiger charge is 2.39. The lowest BCUT2D eigenvalue weighted by Crippen LogP contribution is -2.57. The van der Waals surface area contributed by atoms with Crippen molar-refractivity contribution in [2.45, 2.75) is 58.0 Å². The van der Waals surface area contributed by atoms with Crippen LogP contribution in [0.4, 0.5) is 0 Å². The van der Waals surface area contributed by atoms with Crippen molar-refractivity contribution in [1.82, 2.24) is 0 Å². The maximum atomic E-state index is 9.90. The molecule has 5 atom stereocenters. The van der Waals surface area contributed by atoms with E-state index in [2.05, 4.69) is 6.92 Å². The van der Waals surface area contributed by atoms with Gasteiger partial charge < -0.3 is 15.6 Å². The molecule has 0 amide bonds. The Hall–Kier alpha value is -0.120. The van der Waals surface area contributed by atoms with Gasteiger partial charge in [0.15, 0.2) is 0 Å². The van der Waals surface area contributed by atoms with Crippen LogP contribution in [-0.2, 0) is 4.74 Å². The molecule has 0 aromatic heterocycles. The number of hydrogen-bond acceptors (Lipinski definition) is 3. The molecule has 1 aliphatic rings. The highest BCUT2D eigenvalue weighted by atomic mass is 16.5. The number of aliphatic hydroxyl groups excluding tert-OH is 1. The monoisotopic (exact) mass is 187 g/mol. The zero-order valence-electron chi connectivity index (χ0n) is 8.73. The van der Waals surface area contributed by atoms with Crippen LogP contribution in [0.1, 0.15) is 33.6 Å². The van der Waals surface area contributed by atoms with Crippen molar-refractivity contribution in [3.05, 3.63) is 0 Å². The van der Waals surface area contributed by atoms with Gasteiger partial charge in [0.1, 0.15) is 0 Å². The van der Waals surface area contributed by atoms with Gasteiger partial charge >= 0.3 is 0 Å². The summed E-state index contributed by atoms with van der Waals surface area (Å²) in [7, 11) is 0. The van der Waals surface area contributed by atoms with E-state index in [1.807, 2.05) is 13.8 Å². The maximum absolute atomic E-state index is 9.90. The van der Waals surface area contributed by atoms with Gasteiger partial charge in [-0.15, -0.1) is 0 Å². The average Bonchev–Trinajstić information content (AvgIpc) is 2.12. The minimum absolute atomic E-state index is 0.0211.